The predicted octanol–water partition coefficient (Wildman–Crippen LogP) is 3.78. The molecule has 3 unspecified atom stereocenters. The van der Waals surface area contributed by atoms with Crippen LogP contribution < -0.4 is 20.5 Å². The van der Waals surface area contributed by atoms with E-state index in [0.717, 1.165) is 34.6 Å². The van der Waals surface area contributed by atoms with Gasteiger partial charge < -0.3 is 20.5 Å². The van der Waals surface area contributed by atoms with Crippen LogP contribution in [0.1, 0.15) is 43.5 Å². The van der Waals surface area contributed by atoms with Crippen LogP contribution >= 0.6 is 12.4 Å². The Bertz CT molecular complexity index is 798. The van der Waals surface area contributed by atoms with E-state index in [1.54, 1.807) is 0 Å². The van der Waals surface area contributed by atoms with Gasteiger partial charge in [-0.1, -0.05) is 37.3 Å². The molecule has 6 heteroatoms. The van der Waals surface area contributed by atoms with Crippen LogP contribution in [0.5, 0.6) is 11.5 Å². The minimum Gasteiger partial charge on any atom is -0.494 e. The van der Waals surface area contributed by atoms with Crippen molar-refractivity contribution in [2.75, 3.05) is 6.61 Å². The number of nitrogens with two attached hydrogens (primary N) is 1. The number of rotatable bonds is 7. The maximum absolute atomic E-state index is 12.6. The van der Waals surface area contributed by atoms with Crippen LogP contribution in [-0.2, 0) is 17.8 Å². The Balaban J connectivity index is 0.00000280. The Kier molecular flexibility index (Phi) is 7.72. The SMILES string of the molecule is CCOc1cc2c(cc1CNC(=O)C(C)C(N)c1ccccc1)OC(C)C2.Cl. The summed E-state index contributed by atoms with van der Waals surface area (Å²) in [5.74, 6) is 1.26. The van der Waals surface area contributed by atoms with Crippen molar-refractivity contribution in [3.63, 3.8) is 0 Å². The zero-order chi connectivity index (χ0) is 19.4. The van der Waals surface area contributed by atoms with Crippen molar-refractivity contribution in [2.45, 2.75) is 45.9 Å². The van der Waals surface area contributed by atoms with E-state index in [-0.39, 0.29) is 36.4 Å². The maximum atomic E-state index is 12.6. The average molecular weight is 405 g/mol. The number of ether oxygens (including phenoxy) is 2. The molecule has 0 bridgehead atoms. The summed E-state index contributed by atoms with van der Waals surface area (Å²) in [6.07, 6.45) is 1.05. The minimum atomic E-state index is -0.346. The molecule has 3 atom stereocenters. The van der Waals surface area contributed by atoms with E-state index in [1.807, 2.05) is 56.3 Å². The summed E-state index contributed by atoms with van der Waals surface area (Å²) in [7, 11) is 0. The minimum absolute atomic E-state index is 0. The molecule has 3 rings (SSSR count). The van der Waals surface area contributed by atoms with Crippen LogP contribution in [0.25, 0.3) is 0 Å². The summed E-state index contributed by atoms with van der Waals surface area (Å²) in [6, 6.07) is 13.4. The number of hydrogen-bond donors (Lipinski definition) is 2. The molecule has 0 aliphatic carbocycles. The van der Waals surface area contributed by atoms with Crippen molar-refractivity contribution in [1.29, 1.82) is 0 Å². The molecule has 2 aromatic rings. The third kappa shape index (κ3) is 4.97. The van der Waals surface area contributed by atoms with Gasteiger partial charge in [-0.2, -0.15) is 0 Å². The van der Waals surface area contributed by atoms with E-state index in [0.29, 0.717) is 13.2 Å². The van der Waals surface area contributed by atoms with Gasteiger partial charge in [0.2, 0.25) is 5.91 Å². The summed E-state index contributed by atoms with van der Waals surface area (Å²) in [5, 5.41) is 3.00. The number of amides is 1. The van der Waals surface area contributed by atoms with E-state index < -0.39 is 0 Å². The molecular formula is C22H29ClN2O3. The van der Waals surface area contributed by atoms with Crippen LogP contribution in [0, 0.1) is 5.92 Å². The zero-order valence-electron chi connectivity index (χ0n) is 16.6. The molecule has 1 heterocycles. The molecule has 28 heavy (non-hydrogen) atoms. The van der Waals surface area contributed by atoms with Crippen molar-refractivity contribution >= 4 is 18.3 Å². The first-order chi connectivity index (χ1) is 13.0. The lowest BCUT2D eigenvalue weighted by Gasteiger charge is -2.20. The number of carbonyl (C=O) groups is 1. The fraction of sp³-hybridized carbons (Fsp3) is 0.409. The molecule has 152 valence electrons. The molecule has 1 aliphatic rings. The van der Waals surface area contributed by atoms with Gasteiger partial charge in [-0.25, -0.2) is 0 Å². The van der Waals surface area contributed by atoms with Crippen LogP contribution in [0.3, 0.4) is 0 Å². The molecule has 5 nitrogen and oxygen atoms in total. The van der Waals surface area contributed by atoms with Gasteiger partial charge in [0.15, 0.2) is 0 Å². The summed E-state index contributed by atoms with van der Waals surface area (Å²) in [5.41, 5.74) is 9.29. The average Bonchev–Trinajstić information content (AvgIpc) is 3.04. The highest BCUT2D eigenvalue weighted by atomic mass is 35.5. The number of fused-ring (bicyclic) bond motifs is 1. The first-order valence-electron chi connectivity index (χ1n) is 9.53. The summed E-state index contributed by atoms with van der Waals surface area (Å²) in [4.78, 5) is 12.6. The highest BCUT2D eigenvalue weighted by Gasteiger charge is 2.24. The fourth-order valence-corrected chi connectivity index (χ4v) is 3.38. The second kappa shape index (κ2) is 9.80. The van der Waals surface area contributed by atoms with Crippen molar-refractivity contribution in [3.05, 3.63) is 59.2 Å². The van der Waals surface area contributed by atoms with Crippen LogP contribution in [0.15, 0.2) is 42.5 Å². The lowest BCUT2D eigenvalue weighted by Crippen LogP contribution is -2.35. The maximum Gasteiger partial charge on any atom is 0.225 e. The van der Waals surface area contributed by atoms with Crippen molar-refractivity contribution in [2.24, 2.45) is 11.7 Å². The first kappa shape index (κ1) is 22.1. The molecule has 3 N–H and O–H groups in total. The number of benzene rings is 2. The highest BCUT2D eigenvalue weighted by Crippen LogP contribution is 2.35. The van der Waals surface area contributed by atoms with Crippen LogP contribution in [0.2, 0.25) is 0 Å². The van der Waals surface area contributed by atoms with Gasteiger partial charge in [-0.05, 0) is 31.5 Å². The molecule has 2 aromatic carbocycles. The third-order valence-electron chi connectivity index (χ3n) is 4.97. The third-order valence-corrected chi connectivity index (χ3v) is 4.97. The molecule has 1 aliphatic heterocycles. The Morgan fingerprint density at radius 1 is 1.32 bits per heavy atom. The zero-order valence-corrected chi connectivity index (χ0v) is 17.4. The second-order valence-electron chi connectivity index (χ2n) is 7.08. The number of nitrogens with one attached hydrogen (secondary N) is 1. The van der Waals surface area contributed by atoms with Gasteiger partial charge in [0.1, 0.15) is 17.6 Å². The number of halogens is 1. The smallest absolute Gasteiger partial charge is 0.225 e. The molecule has 0 saturated carbocycles. The molecule has 1 amide bonds. The predicted molar refractivity (Wildman–Crippen MR) is 113 cm³/mol. The van der Waals surface area contributed by atoms with Crippen LogP contribution in [0.4, 0.5) is 0 Å². The van der Waals surface area contributed by atoms with Gasteiger partial charge >= 0.3 is 0 Å². The van der Waals surface area contributed by atoms with E-state index in [1.165, 1.54) is 0 Å². The normalized spacial score (nSPS) is 16.9. The Labute approximate surface area is 173 Å². The van der Waals surface area contributed by atoms with Gasteiger partial charge in [-0.3, -0.25) is 4.79 Å². The lowest BCUT2D eigenvalue weighted by atomic mass is 9.94. The summed E-state index contributed by atoms with van der Waals surface area (Å²) < 4.78 is 11.6. The first-order valence-corrected chi connectivity index (χ1v) is 9.53. The van der Waals surface area contributed by atoms with Crippen LogP contribution in [-0.4, -0.2) is 18.6 Å². The van der Waals surface area contributed by atoms with Gasteiger partial charge in [-0.15, -0.1) is 12.4 Å². The largest absolute Gasteiger partial charge is 0.494 e. The quantitative estimate of drug-likeness (QED) is 0.736. The van der Waals surface area contributed by atoms with Gasteiger partial charge in [0.25, 0.3) is 0 Å². The number of carbonyl (C=O) groups excluding carboxylic acids is 1. The van der Waals surface area contributed by atoms with Crippen molar-refractivity contribution in [1.82, 2.24) is 5.32 Å². The molecule has 0 spiro atoms. The summed E-state index contributed by atoms with van der Waals surface area (Å²) in [6.45, 7) is 6.81. The van der Waals surface area contributed by atoms with Crippen molar-refractivity contribution < 1.29 is 14.3 Å². The van der Waals surface area contributed by atoms with E-state index in [4.69, 9.17) is 15.2 Å². The van der Waals surface area contributed by atoms with Crippen molar-refractivity contribution in [3.8, 4) is 11.5 Å². The van der Waals surface area contributed by atoms with E-state index in [9.17, 15) is 4.79 Å². The van der Waals surface area contributed by atoms with Gasteiger partial charge in [0.05, 0.1) is 12.5 Å². The topological polar surface area (TPSA) is 73.6 Å². The highest BCUT2D eigenvalue weighted by molar-refractivity contribution is 5.85. The summed E-state index contributed by atoms with van der Waals surface area (Å²) >= 11 is 0. The molecule has 0 radical (unpaired) electrons. The van der Waals surface area contributed by atoms with E-state index >= 15 is 0 Å². The Morgan fingerprint density at radius 2 is 2.04 bits per heavy atom. The molecule has 0 fully saturated rings. The molecule has 0 aromatic heterocycles. The Hall–Kier alpha value is -2.24. The molecular weight excluding hydrogens is 376 g/mol. The van der Waals surface area contributed by atoms with E-state index in [2.05, 4.69) is 12.2 Å². The van der Waals surface area contributed by atoms with Gasteiger partial charge in [0, 0.05) is 30.1 Å². The second-order valence-corrected chi connectivity index (χ2v) is 7.08. The number of hydrogen-bond acceptors (Lipinski definition) is 4. The monoisotopic (exact) mass is 404 g/mol. The Morgan fingerprint density at radius 3 is 2.71 bits per heavy atom. The standard InChI is InChI=1S/C22H28N2O3.ClH/c1-4-26-19-11-17-10-14(2)27-20(17)12-18(19)13-24-22(25)15(3)21(23)16-8-6-5-7-9-16;/h5-9,11-12,14-15,21H,4,10,13,23H2,1-3H3,(H,24,25);1H. The fourth-order valence-electron chi connectivity index (χ4n) is 3.38. The molecule has 0 saturated heterocycles. The lowest BCUT2D eigenvalue weighted by molar-refractivity contribution is -0.125.